The van der Waals surface area contributed by atoms with E-state index in [0.29, 0.717) is 6.04 Å². The molecule has 1 amide bonds. The molecule has 1 aliphatic heterocycles. The number of aryl methyl sites for hydroxylation is 2. The number of thiophene rings is 1. The summed E-state index contributed by atoms with van der Waals surface area (Å²) in [6.07, 6.45) is 4.60. The molecule has 1 aromatic heterocycles. The maximum Gasteiger partial charge on any atom is 0.264 e. The molecule has 1 atom stereocenters. The van der Waals surface area contributed by atoms with Gasteiger partial charge in [0.15, 0.2) is 0 Å². The zero-order chi connectivity index (χ0) is 13.1. The SMILES string of the molecule is Cc1cc(C(=O)N2CCCC2CCCBr)sc1C. The third-order valence-corrected chi connectivity index (χ3v) is 5.39. The Labute approximate surface area is 122 Å². The molecule has 2 heterocycles. The summed E-state index contributed by atoms with van der Waals surface area (Å²) in [7, 11) is 0. The molecular weight excluding hydrogens is 310 g/mol. The van der Waals surface area contributed by atoms with Gasteiger partial charge in [-0.1, -0.05) is 15.9 Å². The van der Waals surface area contributed by atoms with Gasteiger partial charge in [-0.3, -0.25) is 4.79 Å². The van der Waals surface area contributed by atoms with E-state index < -0.39 is 0 Å². The molecule has 1 unspecified atom stereocenters. The molecule has 100 valence electrons. The molecule has 0 aromatic carbocycles. The summed E-state index contributed by atoms with van der Waals surface area (Å²) in [6, 6.07) is 2.50. The van der Waals surface area contributed by atoms with Gasteiger partial charge in [-0.25, -0.2) is 0 Å². The van der Waals surface area contributed by atoms with Crippen LogP contribution in [0.2, 0.25) is 0 Å². The number of alkyl halides is 1. The second-order valence-electron chi connectivity index (χ2n) is 4.98. The fourth-order valence-electron chi connectivity index (χ4n) is 2.54. The Hall–Kier alpha value is -0.350. The predicted molar refractivity (Wildman–Crippen MR) is 80.9 cm³/mol. The lowest BCUT2D eigenvalue weighted by atomic mass is 10.1. The summed E-state index contributed by atoms with van der Waals surface area (Å²) in [5, 5.41) is 1.03. The highest BCUT2D eigenvalue weighted by atomic mass is 79.9. The Bertz CT molecular complexity index is 410. The summed E-state index contributed by atoms with van der Waals surface area (Å²) in [6.45, 7) is 5.10. The van der Waals surface area contributed by atoms with E-state index in [1.165, 1.54) is 16.9 Å². The van der Waals surface area contributed by atoms with Crippen LogP contribution >= 0.6 is 27.3 Å². The first-order chi connectivity index (χ1) is 8.63. The molecule has 18 heavy (non-hydrogen) atoms. The topological polar surface area (TPSA) is 20.3 Å². The van der Waals surface area contributed by atoms with Crippen molar-refractivity contribution in [2.24, 2.45) is 0 Å². The van der Waals surface area contributed by atoms with Crippen molar-refractivity contribution in [3.05, 3.63) is 21.4 Å². The van der Waals surface area contributed by atoms with E-state index >= 15 is 0 Å². The van der Waals surface area contributed by atoms with Crippen LogP contribution in [0.4, 0.5) is 0 Å². The summed E-state index contributed by atoms with van der Waals surface area (Å²) in [5.74, 6) is 0.244. The number of carbonyl (C=O) groups excluding carboxylic acids is 1. The van der Waals surface area contributed by atoms with Gasteiger partial charge in [-0.05, 0) is 51.2 Å². The van der Waals surface area contributed by atoms with Crippen LogP contribution in [0, 0.1) is 13.8 Å². The van der Waals surface area contributed by atoms with Gasteiger partial charge in [0.05, 0.1) is 4.88 Å². The average Bonchev–Trinajstić information content (AvgIpc) is 2.94. The zero-order valence-corrected chi connectivity index (χ0v) is 13.4. The van der Waals surface area contributed by atoms with Gasteiger partial charge in [0.1, 0.15) is 0 Å². The van der Waals surface area contributed by atoms with Gasteiger partial charge < -0.3 is 4.90 Å². The van der Waals surface area contributed by atoms with Crippen LogP contribution in [0.5, 0.6) is 0 Å². The summed E-state index contributed by atoms with van der Waals surface area (Å²) < 4.78 is 0. The van der Waals surface area contributed by atoms with Crippen molar-refractivity contribution in [3.63, 3.8) is 0 Å². The van der Waals surface area contributed by atoms with Crippen molar-refractivity contribution in [2.75, 3.05) is 11.9 Å². The maximum absolute atomic E-state index is 12.5. The lowest BCUT2D eigenvalue weighted by Gasteiger charge is -2.24. The highest BCUT2D eigenvalue weighted by Crippen LogP contribution is 2.27. The third kappa shape index (κ3) is 2.97. The number of rotatable bonds is 4. The standard InChI is InChI=1S/C14H20BrNOS/c1-10-9-13(18-11(10)2)14(17)16-8-4-6-12(16)5-3-7-15/h9,12H,3-8H2,1-2H3. The minimum absolute atomic E-state index is 0.244. The molecule has 0 spiro atoms. The Morgan fingerprint density at radius 2 is 2.33 bits per heavy atom. The van der Waals surface area contributed by atoms with Crippen molar-refractivity contribution in [3.8, 4) is 0 Å². The molecule has 4 heteroatoms. The van der Waals surface area contributed by atoms with E-state index in [4.69, 9.17) is 0 Å². The zero-order valence-electron chi connectivity index (χ0n) is 11.0. The molecule has 1 fully saturated rings. The summed E-state index contributed by atoms with van der Waals surface area (Å²) in [4.78, 5) is 16.8. The second-order valence-corrected chi connectivity index (χ2v) is 7.02. The minimum Gasteiger partial charge on any atom is -0.335 e. The lowest BCUT2D eigenvalue weighted by Crippen LogP contribution is -2.35. The Kier molecular flexibility index (Phi) is 4.84. The minimum atomic E-state index is 0.244. The van der Waals surface area contributed by atoms with E-state index in [-0.39, 0.29) is 5.91 Å². The van der Waals surface area contributed by atoms with Crippen molar-refractivity contribution in [1.82, 2.24) is 4.90 Å². The lowest BCUT2D eigenvalue weighted by molar-refractivity contribution is 0.0735. The Morgan fingerprint density at radius 1 is 1.56 bits per heavy atom. The van der Waals surface area contributed by atoms with E-state index in [0.717, 1.165) is 36.0 Å². The van der Waals surface area contributed by atoms with Crippen LogP contribution in [0.15, 0.2) is 6.07 Å². The molecule has 2 nitrogen and oxygen atoms in total. The molecule has 0 N–H and O–H groups in total. The number of carbonyl (C=O) groups is 1. The molecule has 1 aromatic rings. The number of likely N-dealkylation sites (tertiary alicyclic amines) is 1. The Balaban J connectivity index is 2.07. The first-order valence-corrected chi connectivity index (χ1v) is 8.51. The van der Waals surface area contributed by atoms with Gasteiger partial charge >= 0.3 is 0 Å². The van der Waals surface area contributed by atoms with E-state index in [9.17, 15) is 4.79 Å². The van der Waals surface area contributed by atoms with Crippen LogP contribution in [-0.4, -0.2) is 28.7 Å². The van der Waals surface area contributed by atoms with Crippen molar-refractivity contribution in [1.29, 1.82) is 0 Å². The Morgan fingerprint density at radius 3 is 2.94 bits per heavy atom. The molecule has 0 saturated carbocycles. The number of halogens is 1. The smallest absolute Gasteiger partial charge is 0.264 e. The number of nitrogens with zero attached hydrogens (tertiary/aromatic N) is 1. The molecule has 0 aliphatic carbocycles. The summed E-state index contributed by atoms with van der Waals surface area (Å²) in [5.41, 5.74) is 1.24. The quantitative estimate of drug-likeness (QED) is 0.760. The average molecular weight is 330 g/mol. The third-order valence-electron chi connectivity index (χ3n) is 3.69. The number of hydrogen-bond acceptors (Lipinski definition) is 2. The summed E-state index contributed by atoms with van der Waals surface area (Å²) >= 11 is 5.10. The first kappa shape index (κ1) is 14.1. The predicted octanol–water partition coefficient (Wildman–Crippen LogP) is 4.14. The van der Waals surface area contributed by atoms with Crippen LogP contribution < -0.4 is 0 Å². The van der Waals surface area contributed by atoms with Gasteiger partial charge in [0.25, 0.3) is 5.91 Å². The largest absolute Gasteiger partial charge is 0.335 e. The monoisotopic (exact) mass is 329 g/mol. The van der Waals surface area contributed by atoms with Gasteiger partial charge in [0, 0.05) is 22.8 Å². The van der Waals surface area contributed by atoms with Crippen LogP contribution in [-0.2, 0) is 0 Å². The molecular formula is C14H20BrNOS. The van der Waals surface area contributed by atoms with Crippen LogP contribution in [0.1, 0.15) is 45.8 Å². The maximum atomic E-state index is 12.5. The highest BCUT2D eigenvalue weighted by Gasteiger charge is 2.29. The van der Waals surface area contributed by atoms with E-state index in [1.807, 2.05) is 6.07 Å². The van der Waals surface area contributed by atoms with Crippen LogP contribution in [0.25, 0.3) is 0 Å². The fraction of sp³-hybridized carbons (Fsp3) is 0.643. The molecule has 0 bridgehead atoms. The fourth-order valence-corrected chi connectivity index (χ4v) is 3.85. The second kappa shape index (κ2) is 6.20. The van der Waals surface area contributed by atoms with Crippen LogP contribution in [0.3, 0.4) is 0 Å². The van der Waals surface area contributed by atoms with E-state index in [2.05, 4.69) is 34.7 Å². The molecule has 1 aliphatic rings. The normalized spacial score (nSPS) is 19.5. The molecule has 0 radical (unpaired) electrons. The van der Waals surface area contributed by atoms with Crippen molar-refractivity contribution >= 4 is 33.2 Å². The number of hydrogen-bond donors (Lipinski definition) is 0. The van der Waals surface area contributed by atoms with Gasteiger partial charge in [0.2, 0.25) is 0 Å². The molecule has 2 rings (SSSR count). The first-order valence-electron chi connectivity index (χ1n) is 6.57. The van der Waals surface area contributed by atoms with Crippen molar-refractivity contribution in [2.45, 2.75) is 45.6 Å². The van der Waals surface area contributed by atoms with Gasteiger partial charge in [-0.2, -0.15) is 0 Å². The van der Waals surface area contributed by atoms with E-state index in [1.54, 1.807) is 11.3 Å². The highest BCUT2D eigenvalue weighted by molar-refractivity contribution is 9.09. The van der Waals surface area contributed by atoms with Gasteiger partial charge in [-0.15, -0.1) is 11.3 Å². The number of amides is 1. The molecule has 1 saturated heterocycles. The van der Waals surface area contributed by atoms with Crippen molar-refractivity contribution < 1.29 is 4.79 Å².